The van der Waals surface area contributed by atoms with E-state index in [0.717, 1.165) is 5.56 Å². The summed E-state index contributed by atoms with van der Waals surface area (Å²) < 4.78 is 5.16. The fourth-order valence-corrected chi connectivity index (χ4v) is 2.30. The highest BCUT2D eigenvalue weighted by atomic mass is 16.7. The maximum atomic E-state index is 12.1. The molecule has 0 atom stereocenters. The molecule has 1 aromatic heterocycles. The number of amidine groups is 1. The van der Waals surface area contributed by atoms with Crippen LogP contribution in [0.5, 0.6) is 5.75 Å². The molecule has 10 heteroatoms. The molecule has 0 fully saturated rings. The topological polar surface area (TPSA) is 146 Å². The Morgan fingerprint density at radius 1 is 1.21 bits per heavy atom. The van der Waals surface area contributed by atoms with Gasteiger partial charge in [0.25, 0.3) is 5.69 Å². The summed E-state index contributed by atoms with van der Waals surface area (Å²) in [6.07, 6.45) is 0. The zero-order chi connectivity index (χ0) is 20.1. The van der Waals surface area contributed by atoms with Gasteiger partial charge in [-0.2, -0.15) is 5.10 Å². The van der Waals surface area contributed by atoms with Crippen LogP contribution in [-0.2, 0) is 4.84 Å². The molecule has 3 N–H and O–H groups in total. The number of nitro groups is 1. The van der Waals surface area contributed by atoms with Gasteiger partial charge in [-0.05, 0) is 30.3 Å². The lowest BCUT2D eigenvalue weighted by Gasteiger charge is -2.01. The number of carbonyl (C=O) groups is 1. The van der Waals surface area contributed by atoms with E-state index in [2.05, 4.69) is 15.4 Å². The van der Waals surface area contributed by atoms with Crippen molar-refractivity contribution in [3.63, 3.8) is 0 Å². The van der Waals surface area contributed by atoms with Gasteiger partial charge in [0.05, 0.1) is 17.7 Å². The van der Waals surface area contributed by atoms with Gasteiger partial charge in [-0.3, -0.25) is 15.2 Å². The number of oxime groups is 1. The minimum Gasteiger partial charge on any atom is -0.497 e. The average molecular weight is 381 g/mol. The Morgan fingerprint density at radius 3 is 2.64 bits per heavy atom. The number of nitrogens with zero attached hydrogens (tertiary/aromatic N) is 3. The average Bonchev–Trinajstić information content (AvgIpc) is 3.22. The Hall–Kier alpha value is -4.21. The molecule has 0 aliphatic carbocycles. The van der Waals surface area contributed by atoms with Crippen LogP contribution in [0, 0.1) is 10.1 Å². The normalized spacial score (nSPS) is 11.1. The Labute approximate surface area is 158 Å². The summed E-state index contributed by atoms with van der Waals surface area (Å²) in [7, 11) is 1.56. The molecule has 0 spiro atoms. The molecule has 0 aliphatic rings. The lowest BCUT2D eigenvalue weighted by atomic mass is 10.1. The third kappa shape index (κ3) is 4.12. The van der Waals surface area contributed by atoms with E-state index in [1.807, 2.05) is 6.07 Å². The van der Waals surface area contributed by atoms with Crippen LogP contribution in [0.3, 0.4) is 0 Å². The first-order valence-electron chi connectivity index (χ1n) is 7.97. The first kappa shape index (κ1) is 18.6. The van der Waals surface area contributed by atoms with Gasteiger partial charge in [0, 0.05) is 23.3 Å². The number of aromatic nitrogens is 2. The fourth-order valence-electron chi connectivity index (χ4n) is 2.30. The minimum atomic E-state index is -0.786. The SMILES string of the molecule is COc1cccc(-c2cc(C(=O)O/N=C(\N)c3ccc([N+](=O)[O-])cc3)[nH]n2)c1. The molecule has 3 aromatic rings. The summed E-state index contributed by atoms with van der Waals surface area (Å²) >= 11 is 0. The van der Waals surface area contributed by atoms with E-state index in [0.29, 0.717) is 17.0 Å². The standard InChI is InChI=1S/C18H15N5O5/c1-27-14-4-2-3-12(9-14)15-10-16(21-20-15)18(24)28-22-17(19)11-5-7-13(8-6-11)23(25)26/h2-10H,1H3,(H2,19,22)(H,20,21). The van der Waals surface area contributed by atoms with Crippen molar-refractivity contribution >= 4 is 17.5 Å². The van der Waals surface area contributed by atoms with Gasteiger partial charge >= 0.3 is 5.97 Å². The molecule has 0 amide bonds. The third-order valence-corrected chi connectivity index (χ3v) is 3.76. The number of H-pyrrole nitrogens is 1. The van der Waals surface area contributed by atoms with Crippen LogP contribution in [-0.4, -0.2) is 34.0 Å². The first-order chi connectivity index (χ1) is 13.5. The van der Waals surface area contributed by atoms with Crippen LogP contribution in [0.4, 0.5) is 5.69 Å². The molecule has 1 heterocycles. The van der Waals surface area contributed by atoms with Crippen molar-refractivity contribution in [2.45, 2.75) is 0 Å². The van der Waals surface area contributed by atoms with Crippen molar-refractivity contribution in [3.05, 3.63) is 76.0 Å². The second-order valence-corrected chi connectivity index (χ2v) is 5.56. The van der Waals surface area contributed by atoms with Crippen molar-refractivity contribution in [2.24, 2.45) is 10.9 Å². The van der Waals surface area contributed by atoms with Crippen molar-refractivity contribution in [2.75, 3.05) is 7.11 Å². The van der Waals surface area contributed by atoms with E-state index in [4.69, 9.17) is 15.3 Å². The van der Waals surface area contributed by atoms with E-state index in [-0.39, 0.29) is 17.2 Å². The number of hydrogen-bond donors (Lipinski definition) is 2. The molecule has 28 heavy (non-hydrogen) atoms. The summed E-state index contributed by atoms with van der Waals surface area (Å²) in [5, 5.41) is 20.9. The lowest BCUT2D eigenvalue weighted by Crippen LogP contribution is -2.15. The van der Waals surface area contributed by atoms with Gasteiger partial charge in [-0.1, -0.05) is 17.3 Å². The Kier molecular flexibility index (Phi) is 5.30. The number of methoxy groups -OCH3 is 1. The zero-order valence-electron chi connectivity index (χ0n) is 14.7. The van der Waals surface area contributed by atoms with E-state index in [9.17, 15) is 14.9 Å². The van der Waals surface area contributed by atoms with Gasteiger partial charge < -0.3 is 15.3 Å². The molecular weight excluding hydrogens is 366 g/mol. The number of nitrogens with one attached hydrogen (secondary N) is 1. The molecule has 0 saturated carbocycles. The largest absolute Gasteiger partial charge is 0.497 e. The summed E-state index contributed by atoms with van der Waals surface area (Å²) in [5.74, 6) is -0.229. The Bertz CT molecular complexity index is 1040. The van der Waals surface area contributed by atoms with Gasteiger partial charge in [-0.25, -0.2) is 4.79 Å². The van der Waals surface area contributed by atoms with Gasteiger partial charge in [0.15, 0.2) is 5.84 Å². The second kappa shape index (κ2) is 7.99. The Balaban J connectivity index is 1.70. The van der Waals surface area contributed by atoms with Crippen molar-refractivity contribution in [3.8, 4) is 17.0 Å². The quantitative estimate of drug-likeness (QED) is 0.219. The first-order valence-corrected chi connectivity index (χ1v) is 7.97. The number of hydrogen-bond acceptors (Lipinski definition) is 7. The molecule has 0 saturated heterocycles. The van der Waals surface area contributed by atoms with Crippen LogP contribution in [0.2, 0.25) is 0 Å². The number of rotatable bonds is 6. The number of nitro benzene ring substituents is 1. The highest BCUT2D eigenvalue weighted by Crippen LogP contribution is 2.22. The predicted octanol–water partition coefficient (Wildman–Crippen LogP) is 2.47. The van der Waals surface area contributed by atoms with E-state index in [1.54, 1.807) is 25.3 Å². The number of carbonyl (C=O) groups excluding carboxylic acids is 1. The third-order valence-electron chi connectivity index (χ3n) is 3.76. The van der Waals surface area contributed by atoms with Crippen LogP contribution in [0.1, 0.15) is 16.1 Å². The van der Waals surface area contributed by atoms with Gasteiger partial charge in [0.1, 0.15) is 11.4 Å². The smallest absolute Gasteiger partial charge is 0.383 e. The number of nitrogens with two attached hydrogens (primary N) is 1. The van der Waals surface area contributed by atoms with Crippen molar-refractivity contribution in [1.82, 2.24) is 10.2 Å². The molecule has 0 unspecified atom stereocenters. The molecule has 142 valence electrons. The molecule has 10 nitrogen and oxygen atoms in total. The van der Waals surface area contributed by atoms with Crippen LogP contribution in [0.25, 0.3) is 11.3 Å². The monoisotopic (exact) mass is 381 g/mol. The van der Waals surface area contributed by atoms with Gasteiger partial charge in [0.2, 0.25) is 0 Å². The molecule has 0 bridgehead atoms. The highest BCUT2D eigenvalue weighted by Gasteiger charge is 2.14. The summed E-state index contributed by atoms with van der Waals surface area (Å²) in [6.45, 7) is 0. The second-order valence-electron chi connectivity index (χ2n) is 5.56. The van der Waals surface area contributed by atoms with Crippen LogP contribution >= 0.6 is 0 Å². The summed E-state index contributed by atoms with van der Waals surface area (Å²) in [6, 6.07) is 14.0. The van der Waals surface area contributed by atoms with E-state index in [1.165, 1.54) is 30.3 Å². The molecule has 2 aromatic carbocycles. The fraction of sp³-hybridized carbons (Fsp3) is 0.0556. The van der Waals surface area contributed by atoms with E-state index >= 15 is 0 Å². The molecule has 0 aliphatic heterocycles. The van der Waals surface area contributed by atoms with Crippen molar-refractivity contribution in [1.29, 1.82) is 0 Å². The maximum Gasteiger partial charge on any atom is 0.383 e. The van der Waals surface area contributed by atoms with Crippen molar-refractivity contribution < 1.29 is 19.3 Å². The zero-order valence-corrected chi connectivity index (χ0v) is 14.7. The molecule has 0 radical (unpaired) electrons. The lowest BCUT2D eigenvalue weighted by molar-refractivity contribution is -0.384. The summed E-state index contributed by atoms with van der Waals surface area (Å²) in [5.41, 5.74) is 7.39. The maximum absolute atomic E-state index is 12.1. The highest BCUT2D eigenvalue weighted by molar-refractivity contribution is 5.98. The molecule has 3 rings (SSSR count). The summed E-state index contributed by atoms with van der Waals surface area (Å²) in [4.78, 5) is 27.1. The predicted molar refractivity (Wildman–Crippen MR) is 99.8 cm³/mol. The molecular formula is C18H15N5O5. The number of ether oxygens (including phenoxy) is 1. The number of benzene rings is 2. The van der Waals surface area contributed by atoms with Crippen LogP contribution in [0.15, 0.2) is 59.8 Å². The van der Waals surface area contributed by atoms with Crippen LogP contribution < -0.4 is 10.5 Å². The number of non-ortho nitro benzene ring substituents is 1. The Morgan fingerprint density at radius 2 is 1.96 bits per heavy atom. The van der Waals surface area contributed by atoms with Gasteiger partial charge in [-0.15, -0.1) is 0 Å². The van der Waals surface area contributed by atoms with E-state index < -0.39 is 10.9 Å². The number of aromatic amines is 1. The minimum absolute atomic E-state index is 0.0815.